The molecule has 14 aromatic carbocycles. The van der Waals surface area contributed by atoms with Gasteiger partial charge in [0.1, 0.15) is 43.0 Å². The maximum atomic E-state index is 10.3. The minimum absolute atomic E-state index is 0.202. The van der Waals surface area contributed by atoms with Crippen LogP contribution >= 0.6 is 11.6 Å². The van der Waals surface area contributed by atoms with Crippen LogP contribution in [0, 0.1) is 45.3 Å². The van der Waals surface area contributed by atoms with E-state index in [0.717, 1.165) is 116 Å². The predicted octanol–water partition coefficient (Wildman–Crippen LogP) is 20.5. The molecule has 0 fully saturated rings. The van der Waals surface area contributed by atoms with E-state index in [2.05, 4.69) is 130 Å². The van der Waals surface area contributed by atoms with Crippen molar-refractivity contribution in [1.29, 1.82) is 21.0 Å². The standard InChI is InChI=1S/C46H25N5O.C31H15BN2O.C15H10ClN3.C6H14O2/c47-26-28-21-34(27-48)42-40(22-28)46(38-17-9-10-18-41(38)52-42)37-16-8-7-15-35(37)36-24-31-19-20-32(23-33(31)25-39(36)46)45-50-43(29-11-3-1-4-12-29)49-44(51-45)30-13-5-2-6-14-30;32-22-10-9-19-14-24-23-5-1-2-6-25(23)31(27(24)15-20(19)13-22)26-7-3-4-8-29(26)35-30-21(17-34)11-18(16-33)12-28(30)31;16-15-18-13(11-7-3-1-4-8-11)17-14(19-15)12-9-5-2-6-10-12;1-5(2,7)6(3,4)8/h1-25H;1-15H;1-10H;7-8H,1-4H3. The maximum absolute atomic E-state index is 10.3. The molecule has 2 atom stereocenters. The van der Waals surface area contributed by atoms with Gasteiger partial charge in [-0.1, -0.05) is 242 Å². The van der Waals surface area contributed by atoms with Gasteiger partial charge in [0.25, 0.3) is 0 Å². The molecule has 114 heavy (non-hydrogen) atoms. The lowest BCUT2D eigenvalue weighted by Gasteiger charge is -2.39. The SMILES string of the molecule is CC(C)(O)C(C)(C)O.Clc1nc(-c2ccccc2)nc(-c2ccccc2)n1.N#Cc1cc(C#N)c2c(c1)C1(c3ccccc3O2)c2ccccc2-c2cc3ccc(-c4nc(-c5ccccc5)nc(-c5ccccc5)n4)cc3cc21.[B]c1ccc2cc3c(cc2c1)C1(c2ccccc2Oc2c(C#N)cc(C#N)cc21)c1ccccc1-3. The van der Waals surface area contributed by atoms with Crippen molar-refractivity contribution >= 4 is 46.5 Å². The first-order valence-electron chi connectivity index (χ1n) is 36.9. The molecule has 2 aromatic heterocycles. The number of ether oxygens (including phenoxy) is 2. The lowest BCUT2D eigenvalue weighted by Crippen LogP contribution is -2.44. The van der Waals surface area contributed by atoms with Crippen LogP contribution in [0.15, 0.2) is 303 Å². The molecule has 0 bridgehead atoms. The Kier molecular flexibility index (Phi) is 18.4. The predicted molar refractivity (Wildman–Crippen MR) is 445 cm³/mol. The zero-order valence-electron chi connectivity index (χ0n) is 62.0. The maximum Gasteiger partial charge on any atom is 0.226 e. The van der Waals surface area contributed by atoms with Crippen molar-refractivity contribution in [2.75, 3.05) is 0 Å². The van der Waals surface area contributed by atoms with Gasteiger partial charge in [0.05, 0.1) is 56.4 Å². The Labute approximate surface area is 664 Å². The van der Waals surface area contributed by atoms with E-state index < -0.39 is 22.0 Å². The highest BCUT2D eigenvalue weighted by Gasteiger charge is 2.54. The number of hydrogen-bond acceptors (Lipinski definition) is 14. The molecule has 0 saturated carbocycles. The first kappa shape index (κ1) is 72.3. The number of halogens is 1. The molecular weight excluding hydrogens is 1430 g/mol. The molecule has 16 heteroatoms. The first-order valence-corrected chi connectivity index (χ1v) is 37.2. The summed E-state index contributed by atoms with van der Waals surface area (Å²) in [5.74, 6) is 5.31. The summed E-state index contributed by atoms with van der Waals surface area (Å²) in [4.78, 5) is 27.7. The Morgan fingerprint density at radius 3 is 1.04 bits per heavy atom. The fourth-order valence-electron chi connectivity index (χ4n) is 15.7. The van der Waals surface area contributed by atoms with Crippen LogP contribution in [0.3, 0.4) is 0 Å². The van der Waals surface area contributed by atoms with Crippen molar-refractivity contribution < 1.29 is 19.7 Å². The van der Waals surface area contributed by atoms with Crippen LogP contribution in [0.2, 0.25) is 5.28 Å². The smallest absolute Gasteiger partial charge is 0.226 e. The lowest BCUT2D eigenvalue weighted by atomic mass is 9.65. The largest absolute Gasteiger partial charge is 0.455 e. The Hall–Kier alpha value is -14.5. The van der Waals surface area contributed by atoms with E-state index in [1.54, 1.807) is 39.8 Å². The Morgan fingerprint density at radius 2 is 0.658 bits per heavy atom. The zero-order valence-corrected chi connectivity index (χ0v) is 62.8. The molecule has 2 aliphatic carbocycles. The summed E-state index contributed by atoms with van der Waals surface area (Å²) < 4.78 is 12.9. The second-order valence-corrected chi connectivity index (χ2v) is 29.5. The van der Waals surface area contributed by atoms with E-state index in [0.29, 0.717) is 79.8 Å². The van der Waals surface area contributed by atoms with Gasteiger partial charge in [-0.3, -0.25) is 0 Å². The van der Waals surface area contributed by atoms with E-state index in [-0.39, 0.29) is 5.28 Å². The van der Waals surface area contributed by atoms with Crippen LogP contribution < -0.4 is 14.9 Å². The monoisotopic (exact) mass is 1490 g/mol. The molecule has 2 N–H and O–H groups in total. The molecule has 2 aliphatic heterocycles. The summed E-state index contributed by atoms with van der Waals surface area (Å²) >= 11 is 5.99. The highest BCUT2D eigenvalue weighted by molar-refractivity contribution is 6.33. The number of nitriles is 4. The summed E-state index contributed by atoms with van der Waals surface area (Å²) in [5, 5.41) is 62.9. The highest BCUT2D eigenvalue weighted by Crippen LogP contribution is 2.65. The van der Waals surface area contributed by atoms with Crippen LogP contribution in [0.1, 0.15) is 94.5 Å². The number of aromatic nitrogens is 6. The quantitative estimate of drug-likeness (QED) is 0.148. The van der Waals surface area contributed by atoms with Crippen molar-refractivity contribution in [3.8, 4) is 126 Å². The van der Waals surface area contributed by atoms with Crippen molar-refractivity contribution in [3.63, 3.8) is 0 Å². The van der Waals surface area contributed by atoms with Crippen molar-refractivity contribution in [1.82, 2.24) is 29.9 Å². The zero-order chi connectivity index (χ0) is 78.6. The van der Waals surface area contributed by atoms with Gasteiger partial charge in [0.15, 0.2) is 29.1 Å². The normalized spacial score (nSPS) is 14.5. The summed E-state index contributed by atoms with van der Waals surface area (Å²) in [5.41, 5.74) is 15.5. The third-order valence-corrected chi connectivity index (χ3v) is 21.8. The van der Waals surface area contributed by atoms with Gasteiger partial charge in [-0.05, 0) is 172 Å². The third kappa shape index (κ3) is 12.6. The number of aliphatic hydroxyl groups is 2. The van der Waals surface area contributed by atoms with E-state index >= 15 is 0 Å². The summed E-state index contributed by atoms with van der Waals surface area (Å²) in [6, 6.07) is 109. The van der Waals surface area contributed by atoms with E-state index in [9.17, 15) is 21.0 Å². The van der Waals surface area contributed by atoms with Gasteiger partial charge in [0, 0.05) is 50.1 Å². The third-order valence-electron chi connectivity index (χ3n) is 21.6. The van der Waals surface area contributed by atoms with E-state index in [1.807, 2.05) is 200 Å². The number of rotatable bonds is 6. The number of fused-ring (bicyclic) bond motifs is 20. The molecule has 540 valence electrons. The van der Waals surface area contributed by atoms with Gasteiger partial charge in [-0.25, -0.2) is 19.9 Å². The average molecular weight is 1490 g/mol. The molecule has 2 spiro atoms. The summed E-state index contributed by atoms with van der Waals surface area (Å²) in [6.07, 6.45) is 0. The first-order chi connectivity index (χ1) is 55.4. The minimum Gasteiger partial charge on any atom is -0.455 e. The Bertz CT molecular complexity index is 6620. The van der Waals surface area contributed by atoms with Crippen LogP contribution in [0.25, 0.3) is 101 Å². The van der Waals surface area contributed by atoms with Crippen LogP contribution in [-0.2, 0) is 10.8 Å². The highest BCUT2D eigenvalue weighted by atomic mass is 35.5. The van der Waals surface area contributed by atoms with E-state index in [1.165, 1.54) is 0 Å². The lowest BCUT2D eigenvalue weighted by molar-refractivity contribution is -0.107. The van der Waals surface area contributed by atoms with Gasteiger partial charge in [-0.2, -0.15) is 31.0 Å². The Balaban J connectivity index is 0.000000129. The molecule has 16 aromatic rings. The molecule has 20 rings (SSSR count). The van der Waals surface area contributed by atoms with Crippen molar-refractivity contribution in [3.05, 3.63) is 375 Å². The van der Waals surface area contributed by atoms with Crippen LogP contribution in [-0.4, -0.2) is 59.2 Å². The van der Waals surface area contributed by atoms with Gasteiger partial charge in [0.2, 0.25) is 5.28 Å². The molecule has 14 nitrogen and oxygen atoms in total. The number of nitrogens with zero attached hydrogens (tertiary/aromatic N) is 10. The average Bonchev–Trinajstić information content (AvgIpc) is 1.24. The fraction of sp³-hybridized carbons (Fsp3) is 0.0816. The molecule has 0 saturated heterocycles. The second kappa shape index (κ2) is 29.0. The number of para-hydroxylation sites is 2. The second-order valence-electron chi connectivity index (χ2n) is 29.1. The van der Waals surface area contributed by atoms with Gasteiger partial charge < -0.3 is 19.7 Å². The molecule has 0 amide bonds. The summed E-state index contributed by atoms with van der Waals surface area (Å²) in [7, 11) is 6.16. The molecule has 2 unspecified atom stereocenters. The topological polar surface area (TPSA) is 231 Å². The summed E-state index contributed by atoms with van der Waals surface area (Å²) in [6.45, 7) is 6.31. The van der Waals surface area contributed by atoms with Crippen molar-refractivity contribution in [2.45, 2.75) is 49.7 Å². The van der Waals surface area contributed by atoms with Gasteiger partial charge >= 0.3 is 0 Å². The number of benzene rings is 14. The molecule has 2 radical (unpaired) electrons. The number of hydrogen-bond donors (Lipinski definition) is 2. The Morgan fingerprint density at radius 1 is 0.316 bits per heavy atom. The molecule has 4 heterocycles. The van der Waals surface area contributed by atoms with Crippen molar-refractivity contribution in [2.24, 2.45) is 0 Å². The molecule has 4 aliphatic rings. The van der Waals surface area contributed by atoms with E-state index in [4.69, 9.17) is 54.1 Å². The fourth-order valence-corrected chi connectivity index (χ4v) is 15.8. The van der Waals surface area contributed by atoms with Crippen LogP contribution in [0.4, 0.5) is 0 Å². The van der Waals surface area contributed by atoms with Gasteiger partial charge in [-0.15, -0.1) is 0 Å². The minimum atomic E-state index is -1.01. The van der Waals surface area contributed by atoms with Crippen LogP contribution in [0.5, 0.6) is 23.0 Å². The molecular formula is C98H64BClN10O4.